The molecule has 0 amide bonds. The van der Waals surface area contributed by atoms with Crippen molar-refractivity contribution in [1.29, 1.82) is 0 Å². The molecule has 0 saturated heterocycles. The van der Waals surface area contributed by atoms with Gasteiger partial charge in [-0.3, -0.25) is 4.79 Å². The molecule has 0 radical (unpaired) electrons. The van der Waals surface area contributed by atoms with Crippen molar-refractivity contribution >= 4 is 37.2 Å². The fourth-order valence-corrected chi connectivity index (χ4v) is 0.612. The molecular weight excluding hydrogens is 188 g/mol. The Labute approximate surface area is 74.4 Å². The molecule has 0 aromatic rings. The molecule has 4 nitrogen and oxygen atoms in total. The Morgan fingerprint density at radius 3 is 2.00 bits per heavy atom. The molecule has 6 heteroatoms. The fraction of sp³-hybridized carbons (Fsp3) is 0.600. The van der Waals surface area contributed by atoms with E-state index in [0.717, 1.165) is 0 Å². The minimum atomic E-state index is -1.54. The van der Waals surface area contributed by atoms with Gasteiger partial charge in [-0.1, -0.05) is 0 Å². The molecule has 0 aromatic heterocycles. The van der Waals surface area contributed by atoms with Crippen LogP contribution in [0.5, 0.6) is 0 Å². The summed E-state index contributed by atoms with van der Waals surface area (Å²) in [6.07, 6.45) is -0.358. The van der Waals surface area contributed by atoms with Crippen LogP contribution in [0, 0.1) is 0 Å². The van der Waals surface area contributed by atoms with Crippen LogP contribution in [-0.4, -0.2) is 26.2 Å². The van der Waals surface area contributed by atoms with Gasteiger partial charge in [0.1, 0.15) is 0 Å². The maximum atomic E-state index is 10.3. The Hall–Kier alpha value is -0.360. The second-order valence-corrected chi connectivity index (χ2v) is 3.90. The minimum absolute atomic E-state index is 0.107. The molecule has 0 aliphatic carbocycles. The van der Waals surface area contributed by atoms with Gasteiger partial charge >= 0.3 is 11.9 Å². The average Bonchev–Trinajstić information content (AvgIpc) is 1.84. The highest BCUT2D eigenvalue weighted by molar-refractivity contribution is 8.01. The second-order valence-electron chi connectivity index (χ2n) is 2.02. The van der Waals surface area contributed by atoms with E-state index >= 15 is 0 Å². The van der Waals surface area contributed by atoms with Gasteiger partial charge in [0.2, 0.25) is 0 Å². The first-order chi connectivity index (χ1) is 4.86. The van der Waals surface area contributed by atoms with Gasteiger partial charge < -0.3 is 10.2 Å². The SMILES string of the molecule is O=C(O)CCC(S)(S)C(=O)O. The van der Waals surface area contributed by atoms with E-state index in [1.54, 1.807) is 0 Å². The fourth-order valence-electron chi connectivity index (χ4n) is 0.388. The quantitative estimate of drug-likeness (QED) is 0.390. The molecule has 2 N–H and O–H groups in total. The van der Waals surface area contributed by atoms with E-state index in [2.05, 4.69) is 25.3 Å². The van der Waals surface area contributed by atoms with Gasteiger partial charge in [0.15, 0.2) is 4.08 Å². The van der Waals surface area contributed by atoms with Gasteiger partial charge in [0, 0.05) is 6.42 Å². The van der Waals surface area contributed by atoms with E-state index in [4.69, 9.17) is 10.2 Å². The van der Waals surface area contributed by atoms with Crippen molar-refractivity contribution in [3.8, 4) is 0 Å². The third kappa shape index (κ3) is 4.15. The number of hydrogen-bond donors (Lipinski definition) is 4. The van der Waals surface area contributed by atoms with Crippen molar-refractivity contribution in [3.05, 3.63) is 0 Å². The lowest BCUT2D eigenvalue weighted by Crippen LogP contribution is -2.26. The topological polar surface area (TPSA) is 74.6 Å². The van der Waals surface area contributed by atoms with Crippen LogP contribution in [0.2, 0.25) is 0 Å². The van der Waals surface area contributed by atoms with E-state index in [9.17, 15) is 9.59 Å². The maximum Gasteiger partial charge on any atom is 0.329 e. The number of aliphatic carboxylic acids is 2. The largest absolute Gasteiger partial charge is 0.481 e. The van der Waals surface area contributed by atoms with Gasteiger partial charge in [0.05, 0.1) is 0 Å². The molecule has 0 rings (SSSR count). The summed E-state index contributed by atoms with van der Waals surface area (Å²) in [5.41, 5.74) is 0. The predicted molar refractivity (Wildman–Crippen MR) is 45.2 cm³/mol. The average molecular weight is 196 g/mol. The van der Waals surface area contributed by atoms with Gasteiger partial charge in [-0.15, -0.1) is 0 Å². The molecule has 0 aliphatic heterocycles. The van der Waals surface area contributed by atoms with Crippen LogP contribution in [0.25, 0.3) is 0 Å². The summed E-state index contributed by atoms with van der Waals surface area (Å²) >= 11 is 7.32. The third-order valence-corrected chi connectivity index (χ3v) is 1.86. The number of rotatable bonds is 4. The van der Waals surface area contributed by atoms with E-state index in [-0.39, 0.29) is 12.8 Å². The Bertz CT molecular complexity index is 177. The zero-order chi connectivity index (χ0) is 9.07. The zero-order valence-electron chi connectivity index (χ0n) is 5.52. The highest BCUT2D eigenvalue weighted by Crippen LogP contribution is 2.25. The van der Waals surface area contributed by atoms with Crippen LogP contribution in [0.3, 0.4) is 0 Å². The van der Waals surface area contributed by atoms with Crippen LogP contribution in [0.4, 0.5) is 0 Å². The highest BCUT2D eigenvalue weighted by atomic mass is 32.2. The molecule has 0 aromatic carbocycles. The number of carbonyl (C=O) groups is 2. The lowest BCUT2D eigenvalue weighted by atomic mass is 10.2. The van der Waals surface area contributed by atoms with Crippen LogP contribution in [0.1, 0.15) is 12.8 Å². The second kappa shape index (κ2) is 3.87. The minimum Gasteiger partial charge on any atom is -0.481 e. The number of carboxylic acid groups (broad SMARTS) is 2. The molecule has 0 saturated carbocycles. The van der Waals surface area contributed by atoms with Crippen LogP contribution in [-0.2, 0) is 9.59 Å². The summed E-state index contributed by atoms with van der Waals surface area (Å²) < 4.78 is -1.54. The summed E-state index contributed by atoms with van der Waals surface area (Å²) in [6, 6.07) is 0. The number of carboxylic acids is 2. The predicted octanol–water partition coefficient (Wildman–Crippen LogP) is 0.492. The summed E-state index contributed by atoms with van der Waals surface area (Å²) in [7, 11) is 0. The molecule has 0 fully saturated rings. The lowest BCUT2D eigenvalue weighted by molar-refractivity contribution is -0.138. The van der Waals surface area contributed by atoms with Crippen molar-refractivity contribution in [3.63, 3.8) is 0 Å². The van der Waals surface area contributed by atoms with Crippen LogP contribution >= 0.6 is 25.3 Å². The van der Waals surface area contributed by atoms with Crippen LogP contribution < -0.4 is 0 Å². The van der Waals surface area contributed by atoms with Crippen molar-refractivity contribution in [2.24, 2.45) is 0 Å². The van der Waals surface area contributed by atoms with Gasteiger partial charge in [-0.05, 0) is 6.42 Å². The van der Waals surface area contributed by atoms with E-state index in [0.29, 0.717) is 0 Å². The standard InChI is InChI=1S/C5H8O4S2/c6-3(7)1-2-5(10,11)4(8)9/h10-11H,1-2H2,(H,6,7)(H,8,9). The monoisotopic (exact) mass is 196 g/mol. The third-order valence-electron chi connectivity index (χ3n) is 1.03. The molecule has 0 aliphatic rings. The summed E-state index contributed by atoms with van der Waals surface area (Å²) in [5.74, 6) is -2.29. The highest BCUT2D eigenvalue weighted by Gasteiger charge is 2.30. The first kappa shape index (κ1) is 10.6. The van der Waals surface area contributed by atoms with Crippen molar-refractivity contribution in [2.75, 3.05) is 0 Å². The Balaban J connectivity index is 3.92. The first-order valence-electron chi connectivity index (χ1n) is 2.76. The Kier molecular flexibility index (Phi) is 3.74. The summed E-state index contributed by atoms with van der Waals surface area (Å²) in [6.45, 7) is 0. The zero-order valence-corrected chi connectivity index (χ0v) is 7.31. The van der Waals surface area contributed by atoms with Gasteiger partial charge in [-0.25, -0.2) is 4.79 Å². The molecule has 0 bridgehead atoms. The van der Waals surface area contributed by atoms with E-state index in [1.165, 1.54) is 0 Å². The smallest absolute Gasteiger partial charge is 0.329 e. The molecule has 0 atom stereocenters. The number of hydrogen-bond acceptors (Lipinski definition) is 4. The van der Waals surface area contributed by atoms with Crippen molar-refractivity contribution in [2.45, 2.75) is 16.9 Å². The van der Waals surface area contributed by atoms with E-state index in [1.807, 2.05) is 0 Å². The van der Waals surface area contributed by atoms with E-state index < -0.39 is 16.0 Å². The molecule has 0 heterocycles. The van der Waals surface area contributed by atoms with Crippen molar-refractivity contribution < 1.29 is 19.8 Å². The first-order valence-corrected chi connectivity index (χ1v) is 3.65. The van der Waals surface area contributed by atoms with Gasteiger partial charge in [-0.2, -0.15) is 25.3 Å². The van der Waals surface area contributed by atoms with Crippen molar-refractivity contribution in [1.82, 2.24) is 0 Å². The molecular formula is C5H8O4S2. The molecule has 64 valence electrons. The van der Waals surface area contributed by atoms with Gasteiger partial charge in [0.25, 0.3) is 0 Å². The van der Waals surface area contributed by atoms with Crippen LogP contribution in [0.15, 0.2) is 0 Å². The molecule has 0 unspecified atom stereocenters. The Morgan fingerprint density at radius 2 is 1.73 bits per heavy atom. The summed E-state index contributed by atoms with van der Waals surface area (Å²) in [5, 5.41) is 16.6. The lowest BCUT2D eigenvalue weighted by Gasteiger charge is -2.14. The molecule has 11 heavy (non-hydrogen) atoms. The molecule has 0 spiro atoms. The number of thiol groups is 2. The summed E-state index contributed by atoms with van der Waals surface area (Å²) in [4.78, 5) is 20.3. The maximum absolute atomic E-state index is 10.3. The normalized spacial score (nSPS) is 11.1. The Morgan fingerprint density at radius 1 is 1.27 bits per heavy atom.